The average Bonchev–Trinajstić information content (AvgIpc) is 2.44. The largest absolute Gasteiger partial charge is 0.396 e. The second-order valence-electron chi connectivity index (χ2n) is 6.61. The van der Waals surface area contributed by atoms with Crippen molar-refractivity contribution in [3.63, 3.8) is 0 Å². The van der Waals surface area contributed by atoms with E-state index in [0.717, 1.165) is 5.56 Å². The maximum atomic E-state index is 11.8. The van der Waals surface area contributed by atoms with Gasteiger partial charge in [-0.2, -0.15) is 0 Å². The van der Waals surface area contributed by atoms with Crippen molar-refractivity contribution in [3.05, 3.63) is 29.8 Å². The van der Waals surface area contributed by atoms with Gasteiger partial charge in [-0.1, -0.05) is 39.8 Å². The molecule has 3 N–H and O–H groups in total. The summed E-state index contributed by atoms with van der Waals surface area (Å²) >= 11 is 0. The fourth-order valence-corrected chi connectivity index (χ4v) is 1.91. The second-order valence-corrected chi connectivity index (χ2v) is 6.61. The molecule has 0 heterocycles. The van der Waals surface area contributed by atoms with Crippen LogP contribution < -0.4 is 10.6 Å². The molecule has 0 radical (unpaired) electrons. The number of aliphatic hydroxyl groups excluding tert-OH is 1. The first-order chi connectivity index (χ1) is 10.2. The van der Waals surface area contributed by atoms with Gasteiger partial charge in [0.15, 0.2) is 0 Å². The van der Waals surface area contributed by atoms with E-state index in [4.69, 9.17) is 5.11 Å². The molecule has 1 aromatic carbocycles. The second kappa shape index (κ2) is 7.94. The summed E-state index contributed by atoms with van der Waals surface area (Å²) in [6, 6.07) is 7.47. The number of amides is 2. The van der Waals surface area contributed by atoms with Gasteiger partial charge in [0.05, 0.1) is 0 Å². The zero-order valence-electron chi connectivity index (χ0n) is 13.8. The highest BCUT2D eigenvalue weighted by Gasteiger charge is 2.16. The lowest BCUT2D eigenvalue weighted by Crippen LogP contribution is -2.37. The molecular formula is C17H26N2O3. The van der Waals surface area contributed by atoms with Crippen LogP contribution in [0.2, 0.25) is 0 Å². The molecule has 0 aliphatic heterocycles. The van der Waals surface area contributed by atoms with Gasteiger partial charge in [0.1, 0.15) is 0 Å². The third kappa shape index (κ3) is 5.85. The van der Waals surface area contributed by atoms with Gasteiger partial charge in [-0.3, -0.25) is 9.59 Å². The molecule has 5 heteroatoms. The maximum Gasteiger partial charge on any atom is 0.313 e. The molecule has 1 unspecified atom stereocenters. The van der Waals surface area contributed by atoms with Crippen LogP contribution in [0.3, 0.4) is 0 Å². The Hall–Kier alpha value is -1.88. The van der Waals surface area contributed by atoms with E-state index in [0.29, 0.717) is 18.7 Å². The Labute approximate surface area is 132 Å². The van der Waals surface area contributed by atoms with Crippen LogP contribution in [0, 0.1) is 5.92 Å². The van der Waals surface area contributed by atoms with E-state index in [1.807, 2.05) is 19.1 Å². The molecule has 0 aliphatic rings. The van der Waals surface area contributed by atoms with Gasteiger partial charge >= 0.3 is 11.8 Å². The van der Waals surface area contributed by atoms with Gasteiger partial charge in [0, 0.05) is 18.8 Å². The number of benzene rings is 1. The number of hydrogen-bond acceptors (Lipinski definition) is 3. The van der Waals surface area contributed by atoms with Gasteiger partial charge in [-0.05, 0) is 35.4 Å². The van der Waals surface area contributed by atoms with Gasteiger partial charge in [0.25, 0.3) is 0 Å². The van der Waals surface area contributed by atoms with Crippen molar-refractivity contribution in [2.45, 2.75) is 39.5 Å². The first kappa shape index (κ1) is 18.2. The van der Waals surface area contributed by atoms with Gasteiger partial charge in [0.2, 0.25) is 0 Å². The first-order valence-corrected chi connectivity index (χ1v) is 7.54. The SMILES string of the molecule is CC(CCO)CNC(=O)C(=O)Nc1ccc(C(C)(C)C)cc1. The third-order valence-corrected chi connectivity index (χ3v) is 3.45. The van der Waals surface area contributed by atoms with Crippen LogP contribution in [0.25, 0.3) is 0 Å². The summed E-state index contributed by atoms with van der Waals surface area (Å²) in [5, 5.41) is 13.9. The van der Waals surface area contributed by atoms with E-state index in [9.17, 15) is 9.59 Å². The molecule has 1 atom stereocenters. The Balaban J connectivity index is 2.52. The van der Waals surface area contributed by atoms with Crippen molar-refractivity contribution in [2.24, 2.45) is 5.92 Å². The molecule has 1 rings (SSSR count). The lowest BCUT2D eigenvalue weighted by Gasteiger charge is -2.19. The monoisotopic (exact) mass is 306 g/mol. The van der Waals surface area contributed by atoms with Crippen LogP contribution >= 0.6 is 0 Å². The van der Waals surface area contributed by atoms with Crippen LogP contribution in [0.5, 0.6) is 0 Å². The van der Waals surface area contributed by atoms with Crippen molar-refractivity contribution < 1.29 is 14.7 Å². The van der Waals surface area contributed by atoms with Crippen LogP contribution in [-0.4, -0.2) is 30.1 Å². The molecule has 1 aromatic rings. The number of nitrogens with one attached hydrogen (secondary N) is 2. The highest BCUT2D eigenvalue weighted by atomic mass is 16.3. The number of carbonyl (C=O) groups is 2. The van der Waals surface area contributed by atoms with E-state index in [-0.39, 0.29) is 17.9 Å². The lowest BCUT2D eigenvalue weighted by atomic mass is 9.87. The van der Waals surface area contributed by atoms with Crippen LogP contribution in [0.1, 0.15) is 39.7 Å². The molecule has 22 heavy (non-hydrogen) atoms. The van der Waals surface area contributed by atoms with E-state index in [1.165, 1.54) is 0 Å². The fraction of sp³-hybridized carbons (Fsp3) is 0.529. The molecule has 0 saturated heterocycles. The van der Waals surface area contributed by atoms with Gasteiger partial charge in [-0.15, -0.1) is 0 Å². The molecule has 0 aliphatic carbocycles. The minimum atomic E-state index is -0.681. The maximum absolute atomic E-state index is 11.8. The number of hydrogen-bond donors (Lipinski definition) is 3. The fourth-order valence-electron chi connectivity index (χ4n) is 1.91. The standard InChI is InChI=1S/C17H26N2O3/c1-12(9-10-20)11-18-15(21)16(22)19-14-7-5-13(6-8-14)17(2,3)4/h5-8,12,20H,9-11H2,1-4H3,(H,18,21)(H,19,22). The molecule has 0 aromatic heterocycles. The van der Waals surface area contributed by atoms with Crippen molar-refractivity contribution in [3.8, 4) is 0 Å². The van der Waals surface area contributed by atoms with Crippen LogP contribution in [0.15, 0.2) is 24.3 Å². The summed E-state index contributed by atoms with van der Waals surface area (Å²) in [6.45, 7) is 8.68. The van der Waals surface area contributed by atoms with E-state index in [2.05, 4.69) is 31.4 Å². The first-order valence-electron chi connectivity index (χ1n) is 7.54. The summed E-state index contributed by atoms with van der Waals surface area (Å²) in [4.78, 5) is 23.5. The van der Waals surface area contributed by atoms with Crippen LogP contribution in [0.4, 0.5) is 5.69 Å². The Morgan fingerprint density at radius 1 is 1.14 bits per heavy atom. The smallest absolute Gasteiger partial charge is 0.313 e. The number of carbonyl (C=O) groups excluding carboxylic acids is 2. The van der Waals surface area contributed by atoms with E-state index in [1.54, 1.807) is 12.1 Å². The molecular weight excluding hydrogens is 280 g/mol. The number of aliphatic hydroxyl groups is 1. The van der Waals surface area contributed by atoms with E-state index >= 15 is 0 Å². The molecule has 122 valence electrons. The number of anilines is 1. The summed E-state index contributed by atoms with van der Waals surface area (Å²) in [7, 11) is 0. The zero-order valence-corrected chi connectivity index (χ0v) is 13.8. The Morgan fingerprint density at radius 3 is 2.23 bits per heavy atom. The number of rotatable bonds is 5. The normalized spacial score (nSPS) is 12.6. The van der Waals surface area contributed by atoms with Crippen molar-refractivity contribution in [2.75, 3.05) is 18.5 Å². The van der Waals surface area contributed by atoms with Crippen molar-refractivity contribution in [1.29, 1.82) is 0 Å². The van der Waals surface area contributed by atoms with Crippen LogP contribution in [-0.2, 0) is 15.0 Å². The average molecular weight is 306 g/mol. The minimum Gasteiger partial charge on any atom is -0.396 e. The minimum absolute atomic E-state index is 0.0444. The topological polar surface area (TPSA) is 78.4 Å². The van der Waals surface area contributed by atoms with Gasteiger partial charge in [-0.25, -0.2) is 0 Å². The van der Waals surface area contributed by atoms with Crippen molar-refractivity contribution in [1.82, 2.24) is 5.32 Å². The highest BCUT2D eigenvalue weighted by Crippen LogP contribution is 2.23. The molecule has 2 amide bonds. The Kier molecular flexibility index (Phi) is 6.56. The quantitative estimate of drug-likeness (QED) is 0.729. The lowest BCUT2D eigenvalue weighted by molar-refractivity contribution is -0.136. The Bertz CT molecular complexity index is 504. The van der Waals surface area contributed by atoms with E-state index < -0.39 is 11.8 Å². The summed E-state index contributed by atoms with van der Waals surface area (Å²) in [5.74, 6) is -1.21. The molecule has 0 saturated carbocycles. The summed E-state index contributed by atoms with van der Waals surface area (Å²) < 4.78 is 0. The van der Waals surface area contributed by atoms with Gasteiger partial charge < -0.3 is 15.7 Å². The molecule has 0 bridgehead atoms. The molecule has 0 spiro atoms. The predicted octanol–water partition coefficient (Wildman–Crippen LogP) is 2.06. The molecule has 0 fully saturated rings. The van der Waals surface area contributed by atoms with Crippen molar-refractivity contribution >= 4 is 17.5 Å². The highest BCUT2D eigenvalue weighted by molar-refractivity contribution is 6.39. The Morgan fingerprint density at radius 2 is 1.73 bits per heavy atom. The summed E-state index contributed by atoms with van der Waals surface area (Å²) in [6.07, 6.45) is 0.593. The zero-order chi connectivity index (χ0) is 16.8. The predicted molar refractivity (Wildman–Crippen MR) is 87.6 cm³/mol. The summed E-state index contributed by atoms with van der Waals surface area (Å²) in [5.41, 5.74) is 1.80. The third-order valence-electron chi connectivity index (χ3n) is 3.45. The molecule has 5 nitrogen and oxygen atoms in total.